The minimum absolute atomic E-state index is 0.0687. The SMILES string of the molecule is Cc1ccc(N(CC(=O)N(Cc2ccc(Br)cc2)C(Cc2ccccc2)C(=O)NC(C)(C)C)S(=O)(=O)c2ccccc2)cc1. The lowest BCUT2D eigenvalue weighted by Gasteiger charge is -2.35. The first-order valence-corrected chi connectivity index (χ1v) is 16.6. The molecule has 0 bridgehead atoms. The predicted octanol–water partition coefficient (Wildman–Crippen LogP) is 6.51. The average molecular weight is 677 g/mol. The van der Waals surface area contributed by atoms with E-state index in [9.17, 15) is 18.0 Å². The molecule has 2 amide bonds. The minimum Gasteiger partial charge on any atom is -0.350 e. The van der Waals surface area contributed by atoms with E-state index >= 15 is 0 Å². The van der Waals surface area contributed by atoms with Gasteiger partial charge in [0, 0.05) is 23.0 Å². The van der Waals surface area contributed by atoms with Gasteiger partial charge in [-0.05, 0) is 75.2 Å². The van der Waals surface area contributed by atoms with Crippen molar-refractivity contribution in [1.29, 1.82) is 0 Å². The molecule has 0 aromatic heterocycles. The molecule has 1 unspecified atom stereocenters. The van der Waals surface area contributed by atoms with E-state index in [1.165, 1.54) is 17.0 Å². The Kier molecular flexibility index (Phi) is 10.7. The molecule has 9 heteroatoms. The van der Waals surface area contributed by atoms with Gasteiger partial charge in [0.25, 0.3) is 10.0 Å². The zero-order valence-corrected chi connectivity index (χ0v) is 27.8. The molecule has 1 atom stereocenters. The first-order valence-electron chi connectivity index (χ1n) is 14.4. The van der Waals surface area contributed by atoms with Gasteiger partial charge in [0.15, 0.2) is 0 Å². The maximum atomic E-state index is 14.5. The number of benzene rings is 4. The third kappa shape index (κ3) is 8.80. The number of rotatable bonds is 11. The third-order valence-corrected chi connectivity index (χ3v) is 9.28. The van der Waals surface area contributed by atoms with Crippen LogP contribution in [0, 0.1) is 6.92 Å². The largest absolute Gasteiger partial charge is 0.350 e. The molecular formula is C35H38BrN3O4S. The lowest BCUT2D eigenvalue weighted by Crippen LogP contribution is -2.56. The van der Waals surface area contributed by atoms with Crippen LogP contribution in [0.25, 0.3) is 0 Å². The van der Waals surface area contributed by atoms with Crippen molar-refractivity contribution in [3.63, 3.8) is 0 Å². The second kappa shape index (κ2) is 14.2. The quantitative estimate of drug-likeness (QED) is 0.196. The first-order chi connectivity index (χ1) is 20.8. The first kappa shape index (κ1) is 33.0. The number of sulfonamides is 1. The summed E-state index contributed by atoms with van der Waals surface area (Å²) in [6, 6.07) is 31.1. The lowest BCUT2D eigenvalue weighted by atomic mass is 10.0. The van der Waals surface area contributed by atoms with Crippen molar-refractivity contribution in [2.75, 3.05) is 10.8 Å². The van der Waals surface area contributed by atoms with Crippen LogP contribution in [0.15, 0.2) is 119 Å². The molecule has 230 valence electrons. The molecule has 7 nitrogen and oxygen atoms in total. The molecular weight excluding hydrogens is 638 g/mol. The van der Waals surface area contributed by atoms with E-state index in [1.54, 1.807) is 30.3 Å². The highest BCUT2D eigenvalue weighted by Crippen LogP contribution is 2.26. The number of carbonyl (C=O) groups is 2. The maximum Gasteiger partial charge on any atom is 0.264 e. The van der Waals surface area contributed by atoms with E-state index in [-0.39, 0.29) is 23.8 Å². The topological polar surface area (TPSA) is 86.8 Å². The Morgan fingerprint density at radius 2 is 1.36 bits per heavy atom. The van der Waals surface area contributed by atoms with E-state index in [2.05, 4.69) is 21.2 Å². The number of nitrogens with one attached hydrogen (secondary N) is 1. The van der Waals surface area contributed by atoms with Crippen molar-refractivity contribution >= 4 is 43.5 Å². The maximum absolute atomic E-state index is 14.5. The van der Waals surface area contributed by atoms with Gasteiger partial charge >= 0.3 is 0 Å². The Morgan fingerprint density at radius 3 is 1.93 bits per heavy atom. The Bertz CT molecular complexity index is 1660. The van der Waals surface area contributed by atoms with Crippen LogP contribution in [-0.4, -0.2) is 43.3 Å². The van der Waals surface area contributed by atoms with Crippen LogP contribution in [-0.2, 0) is 32.6 Å². The number of nitrogens with zero attached hydrogens (tertiary/aromatic N) is 2. The van der Waals surface area contributed by atoms with Crippen LogP contribution in [0.1, 0.15) is 37.5 Å². The molecule has 0 saturated carbocycles. The van der Waals surface area contributed by atoms with E-state index in [0.717, 1.165) is 25.5 Å². The molecule has 0 aliphatic rings. The van der Waals surface area contributed by atoms with Crippen LogP contribution < -0.4 is 9.62 Å². The zero-order chi connectivity index (χ0) is 31.9. The molecule has 4 aromatic rings. The smallest absolute Gasteiger partial charge is 0.264 e. The second-order valence-corrected chi connectivity index (χ2v) is 14.5. The summed E-state index contributed by atoms with van der Waals surface area (Å²) >= 11 is 3.46. The Morgan fingerprint density at radius 1 is 0.795 bits per heavy atom. The number of aryl methyl sites for hydroxylation is 1. The van der Waals surface area contributed by atoms with Crippen molar-refractivity contribution in [3.8, 4) is 0 Å². The van der Waals surface area contributed by atoms with Gasteiger partial charge in [0.05, 0.1) is 10.6 Å². The van der Waals surface area contributed by atoms with Crippen LogP contribution >= 0.6 is 15.9 Å². The number of hydrogen-bond acceptors (Lipinski definition) is 4. The van der Waals surface area contributed by atoms with Crippen molar-refractivity contribution in [1.82, 2.24) is 10.2 Å². The fourth-order valence-electron chi connectivity index (χ4n) is 4.75. The molecule has 0 heterocycles. The van der Waals surface area contributed by atoms with Crippen molar-refractivity contribution in [2.45, 2.75) is 57.1 Å². The number of anilines is 1. The Balaban J connectivity index is 1.80. The zero-order valence-electron chi connectivity index (χ0n) is 25.4. The monoisotopic (exact) mass is 675 g/mol. The average Bonchev–Trinajstić information content (AvgIpc) is 2.99. The highest BCUT2D eigenvalue weighted by molar-refractivity contribution is 9.10. The molecule has 0 spiro atoms. The summed E-state index contributed by atoms with van der Waals surface area (Å²) in [4.78, 5) is 30.0. The minimum atomic E-state index is -4.13. The Hall–Kier alpha value is -3.95. The summed E-state index contributed by atoms with van der Waals surface area (Å²) in [5.41, 5.74) is 2.44. The van der Waals surface area contributed by atoms with Gasteiger partial charge in [0.1, 0.15) is 12.6 Å². The van der Waals surface area contributed by atoms with Crippen molar-refractivity contribution < 1.29 is 18.0 Å². The van der Waals surface area contributed by atoms with Gasteiger partial charge in [-0.1, -0.05) is 94.3 Å². The fraction of sp³-hybridized carbons (Fsp3) is 0.257. The summed E-state index contributed by atoms with van der Waals surface area (Å²) < 4.78 is 30.1. The van der Waals surface area contributed by atoms with Crippen LogP contribution in [0.5, 0.6) is 0 Å². The second-order valence-electron chi connectivity index (χ2n) is 11.8. The molecule has 4 rings (SSSR count). The van der Waals surface area contributed by atoms with Gasteiger partial charge in [-0.2, -0.15) is 0 Å². The molecule has 0 fully saturated rings. The number of carbonyl (C=O) groups excluding carboxylic acids is 2. The fourth-order valence-corrected chi connectivity index (χ4v) is 6.45. The summed E-state index contributed by atoms with van der Waals surface area (Å²) in [5, 5.41) is 3.04. The molecule has 1 N–H and O–H groups in total. The molecule has 0 saturated heterocycles. The van der Waals surface area contributed by atoms with Gasteiger partial charge in [0.2, 0.25) is 11.8 Å². The standard InChI is InChI=1S/C35H38BrN3O4S/c1-26-15-21-30(22-16-26)39(44(42,43)31-13-9-6-10-14-31)25-33(40)38(24-28-17-19-29(36)20-18-28)32(34(41)37-35(2,3)4)23-27-11-7-5-8-12-27/h5-22,32H,23-25H2,1-4H3,(H,37,41). The van der Waals surface area contributed by atoms with Crippen LogP contribution in [0.3, 0.4) is 0 Å². The summed E-state index contributed by atoms with van der Waals surface area (Å²) in [7, 11) is -4.13. The number of amides is 2. The molecule has 0 aliphatic carbocycles. The highest BCUT2D eigenvalue weighted by atomic mass is 79.9. The molecule has 4 aromatic carbocycles. The van der Waals surface area contributed by atoms with Gasteiger partial charge in [-0.3, -0.25) is 13.9 Å². The lowest BCUT2D eigenvalue weighted by molar-refractivity contribution is -0.140. The van der Waals surface area contributed by atoms with E-state index in [1.807, 2.05) is 94.4 Å². The highest BCUT2D eigenvalue weighted by Gasteiger charge is 2.35. The van der Waals surface area contributed by atoms with E-state index < -0.39 is 34.1 Å². The van der Waals surface area contributed by atoms with Crippen molar-refractivity contribution in [2.24, 2.45) is 0 Å². The normalized spacial score (nSPS) is 12.3. The third-order valence-electron chi connectivity index (χ3n) is 6.97. The van der Waals surface area contributed by atoms with Gasteiger partial charge in [-0.15, -0.1) is 0 Å². The van der Waals surface area contributed by atoms with E-state index in [0.29, 0.717) is 5.69 Å². The van der Waals surface area contributed by atoms with Gasteiger partial charge < -0.3 is 10.2 Å². The summed E-state index contributed by atoms with van der Waals surface area (Å²) in [5.74, 6) is -0.822. The molecule has 0 radical (unpaired) electrons. The number of hydrogen-bond donors (Lipinski definition) is 1. The van der Waals surface area contributed by atoms with E-state index in [4.69, 9.17) is 0 Å². The summed E-state index contributed by atoms with van der Waals surface area (Å²) in [6.45, 7) is 7.18. The summed E-state index contributed by atoms with van der Waals surface area (Å²) in [6.07, 6.45) is 0.251. The Labute approximate surface area is 269 Å². The molecule has 0 aliphatic heterocycles. The number of halogens is 1. The molecule has 44 heavy (non-hydrogen) atoms. The van der Waals surface area contributed by atoms with Crippen LogP contribution in [0.2, 0.25) is 0 Å². The van der Waals surface area contributed by atoms with Gasteiger partial charge in [-0.25, -0.2) is 8.42 Å². The van der Waals surface area contributed by atoms with Crippen molar-refractivity contribution in [3.05, 3.63) is 130 Å². The predicted molar refractivity (Wildman–Crippen MR) is 179 cm³/mol. The van der Waals surface area contributed by atoms with Crippen LogP contribution in [0.4, 0.5) is 5.69 Å².